The van der Waals surface area contributed by atoms with Gasteiger partial charge >= 0.3 is 0 Å². The smallest absolute Gasteiger partial charge is 0.284 e. The Morgan fingerprint density at radius 1 is 0.814 bits per heavy atom. The van der Waals surface area contributed by atoms with Gasteiger partial charge in [0.25, 0.3) is 30.1 Å². The van der Waals surface area contributed by atoms with E-state index in [0.717, 1.165) is 17.7 Å². The van der Waals surface area contributed by atoms with E-state index in [0.29, 0.717) is 73.8 Å². The number of fused-ring (bicyclic) bond motifs is 1. The maximum atomic E-state index is 14.0. The average Bonchev–Trinajstić information content (AvgIpc) is 3.76. The van der Waals surface area contributed by atoms with Gasteiger partial charge in [0.15, 0.2) is 11.4 Å². The number of piperidine rings is 1. The molecule has 368 valence electrons. The standard InChI is InChI=1S/C47H50F2N10O11/c48-41(49)40-34(54-43(62)35-27-70-45(55-35)30-12-13-51-37(24-30)53-25-28-4-5-28)26-58(57-40)31-8-6-29(7-9-31)42(61)52-15-17-67-19-21-69-23-22-68-20-18-66-16-14-50-33-3-1-2-32-39(33)47(65)59(46(32)64)36-10-11-38(60)56-44(36)63/h1-3,6-9,12-13,24,26-28,36,41,50H,4-5,10-11,14-23,25H2,(H,51,53)(H,52,61)(H,54,62)(H,56,60,63). The van der Waals surface area contributed by atoms with Crippen LogP contribution in [0.5, 0.6) is 0 Å². The molecule has 23 heteroatoms. The molecule has 2 aromatic carbocycles. The summed E-state index contributed by atoms with van der Waals surface area (Å²) in [5, 5.41) is 17.8. The van der Waals surface area contributed by atoms with Crippen molar-refractivity contribution in [1.29, 1.82) is 0 Å². The Labute approximate surface area is 399 Å². The van der Waals surface area contributed by atoms with Crippen molar-refractivity contribution in [1.82, 2.24) is 35.3 Å². The lowest BCUT2D eigenvalue weighted by Crippen LogP contribution is -2.54. The third kappa shape index (κ3) is 12.4. The Hall–Kier alpha value is -7.47. The number of alkyl halides is 2. The molecule has 70 heavy (non-hydrogen) atoms. The minimum atomic E-state index is -3.00. The third-order valence-electron chi connectivity index (χ3n) is 11.3. The highest BCUT2D eigenvalue weighted by molar-refractivity contribution is 6.25. The molecule has 3 aromatic heterocycles. The molecule has 21 nitrogen and oxygen atoms in total. The fourth-order valence-corrected chi connectivity index (χ4v) is 7.49. The van der Waals surface area contributed by atoms with Crippen molar-refractivity contribution in [3.63, 3.8) is 0 Å². The maximum absolute atomic E-state index is 14.0. The second-order valence-corrected chi connectivity index (χ2v) is 16.3. The van der Waals surface area contributed by atoms with Crippen LogP contribution in [0, 0.1) is 5.92 Å². The monoisotopic (exact) mass is 968 g/mol. The Morgan fingerprint density at radius 2 is 1.53 bits per heavy atom. The number of halogens is 2. The number of hydrogen-bond donors (Lipinski definition) is 5. The van der Waals surface area contributed by atoms with E-state index in [4.69, 9.17) is 23.4 Å². The molecule has 0 bridgehead atoms. The third-order valence-corrected chi connectivity index (χ3v) is 11.3. The number of rotatable bonds is 26. The fourth-order valence-electron chi connectivity index (χ4n) is 7.49. The number of benzene rings is 2. The molecule has 3 aliphatic rings. The van der Waals surface area contributed by atoms with Gasteiger partial charge in [0, 0.05) is 49.1 Å². The van der Waals surface area contributed by atoms with E-state index in [-0.39, 0.29) is 73.5 Å². The summed E-state index contributed by atoms with van der Waals surface area (Å²) in [6, 6.07) is 13.3. The second-order valence-electron chi connectivity index (χ2n) is 16.3. The number of carbonyl (C=O) groups excluding carboxylic acids is 6. The molecule has 0 spiro atoms. The Bertz CT molecular complexity index is 2690. The summed E-state index contributed by atoms with van der Waals surface area (Å²) in [5.41, 5.74) is 1.10. The molecule has 1 aliphatic carbocycles. The van der Waals surface area contributed by atoms with Crippen molar-refractivity contribution in [2.75, 3.05) is 88.4 Å². The highest BCUT2D eigenvalue weighted by Gasteiger charge is 2.45. The topological polar surface area (TPSA) is 259 Å². The first-order chi connectivity index (χ1) is 34.0. The van der Waals surface area contributed by atoms with E-state index >= 15 is 0 Å². The number of oxazole rings is 1. The van der Waals surface area contributed by atoms with Crippen LogP contribution in [0.2, 0.25) is 0 Å². The van der Waals surface area contributed by atoms with Gasteiger partial charge in [-0.2, -0.15) is 5.10 Å². The molecule has 6 amide bonds. The number of anilines is 3. The first-order valence-corrected chi connectivity index (χ1v) is 22.7. The highest BCUT2D eigenvalue weighted by atomic mass is 19.3. The second kappa shape index (κ2) is 23.2. The van der Waals surface area contributed by atoms with Crippen molar-refractivity contribution in [3.05, 3.63) is 101 Å². The van der Waals surface area contributed by atoms with Gasteiger partial charge in [0.05, 0.1) is 81.6 Å². The van der Waals surface area contributed by atoms with Gasteiger partial charge in [-0.1, -0.05) is 6.07 Å². The van der Waals surface area contributed by atoms with Crippen LogP contribution in [0.25, 0.3) is 17.1 Å². The van der Waals surface area contributed by atoms with Gasteiger partial charge < -0.3 is 44.6 Å². The Balaban J connectivity index is 0.663. The minimum absolute atomic E-state index is 0.0400. The van der Waals surface area contributed by atoms with Gasteiger partial charge in [0.2, 0.25) is 17.7 Å². The number of imide groups is 2. The summed E-state index contributed by atoms with van der Waals surface area (Å²) in [6.45, 7) is 3.78. The first-order valence-electron chi connectivity index (χ1n) is 22.7. The van der Waals surface area contributed by atoms with Crippen LogP contribution >= 0.6 is 0 Å². The van der Waals surface area contributed by atoms with Crippen LogP contribution in [-0.2, 0) is 28.5 Å². The van der Waals surface area contributed by atoms with Crippen molar-refractivity contribution >= 4 is 52.6 Å². The summed E-state index contributed by atoms with van der Waals surface area (Å²) < 4.78 is 56.9. The van der Waals surface area contributed by atoms with E-state index in [2.05, 4.69) is 41.7 Å². The zero-order valence-corrected chi connectivity index (χ0v) is 37.7. The van der Waals surface area contributed by atoms with Gasteiger partial charge in [0.1, 0.15) is 18.1 Å². The molecule has 2 aliphatic heterocycles. The number of amides is 6. The predicted octanol–water partition coefficient (Wildman–Crippen LogP) is 4.24. The molecular weight excluding hydrogens is 919 g/mol. The van der Waals surface area contributed by atoms with E-state index in [1.54, 1.807) is 30.5 Å². The van der Waals surface area contributed by atoms with Crippen LogP contribution in [0.3, 0.4) is 0 Å². The number of ether oxygens (including phenoxy) is 4. The normalized spacial score (nSPS) is 15.6. The van der Waals surface area contributed by atoms with Crippen LogP contribution in [0.1, 0.15) is 79.4 Å². The molecule has 1 atom stereocenters. The lowest BCUT2D eigenvalue weighted by atomic mass is 10.0. The molecular formula is C47H50F2N10O11. The summed E-state index contributed by atoms with van der Waals surface area (Å²) in [7, 11) is 0. The van der Waals surface area contributed by atoms with Gasteiger partial charge in [-0.3, -0.25) is 39.0 Å². The predicted molar refractivity (Wildman–Crippen MR) is 245 cm³/mol. The Kier molecular flexibility index (Phi) is 16.2. The SMILES string of the molecule is O=C1CCC(N2C(=O)c3cccc(NCCOCCOCCOCCOCCNC(=O)c4ccc(-n5cc(NC(=O)c6coc(-c7ccnc(NCC8CC8)c7)n6)c(C(F)F)n5)cc4)c3C2=O)C(=O)N1. The lowest BCUT2D eigenvalue weighted by molar-refractivity contribution is -0.136. The zero-order chi connectivity index (χ0) is 49.0. The summed E-state index contributed by atoms with van der Waals surface area (Å²) in [5.74, 6) is -1.96. The molecule has 1 saturated carbocycles. The number of nitrogens with zero attached hydrogens (tertiary/aromatic N) is 5. The molecule has 0 radical (unpaired) electrons. The molecule has 1 saturated heterocycles. The van der Waals surface area contributed by atoms with Gasteiger partial charge in [-0.25, -0.2) is 23.4 Å². The zero-order valence-electron chi connectivity index (χ0n) is 37.7. The number of pyridine rings is 1. The average molecular weight is 969 g/mol. The van der Waals surface area contributed by atoms with Crippen molar-refractivity contribution in [2.24, 2.45) is 5.92 Å². The summed E-state index contributed by atoms with van der Waals surface area (Å²) in [4.78, 5) is 85.4. The summed E-state index contributed by atoms with van der Waals surface area (Å²) >= 11 is 0. The number of carbonyl (C=O) groups is 6. The minimum Gasteiger partial charge on any atom is -0.444 e. The molecule has 5 aromatic rings. The quantitative estimate of drug-likeness (QED) is 0.0383. The number of aromatic nitrogens is 4. The van der Waals surface area contributed by atoms with E-state index in [9.17, 15) is 37.5 Å². The van der Waals surface area contributed by atoms with Crippen LogP contribution in [0.15, 0.2) is 77.7 Å². The van der Waals surface area contributed by atoms with Crippen LogP contribution in [-0.4, -0.2) is 139 Å². The first kappa shape index (κ1) is 49.0. The van der Waals surface area contributed by atoms with E-state index in [1.165, 1.54) is 54.1 Å². The van der Waals surface area contributed by atoms with Crippen LogP contribution in [0.4, 0.5) is 26.0 Å². The molecule has 2 fully saturated rings. The fraction of sp³-hybridized carbons (Fsp3) is 0.383. The lowest BCUT2D eigenvalue weighted by Gasteiger charge is -2.27. The summed E-state index contributed by atoms with van der Waals surface area (Å²) in [6.07, 6.45) is 3.47. The molecule has 5 N–H and O–H groups in total. The number of hydrogen-bond acceptors (Lipinski definition) is 16. The number of nitrogens with one attached hydrogen (secondary N) is 5. The molecule has 5 heterocycles. The molecule has 1 unspecified atom stereocenters. The molecule has 8 rings (SSSR count). The van der Waals surface area contributed by atoms with E-state index < -0.39 is 47.7 Å². The van der Waals surface area contributed by atoms with Crippen LogP contribution < -0.4 is 26.6 Å². The van der Waals surface area contributed by atoms with Gasteiger partial charge in [-0.05, 0) is 73.7 Å². The van der Waals surface area contributed by atoms with Gasteiger partial charge in [-0.15, -0.1) is 0 Å². The Morgan fingerprint density at radius 3 is 2.23 bits per heavy atom. The largest absolute Gasteiger partial charge is 0.444 e. The van der Waals surface area contributed by atoms with Crippen molar-refractivity contribution < 1.29 is 60.9 Å². The highest BCUT2D eigenvalue weighted by Crippen LogP contribution is 2.33. The van der Waals surface area contributed by atoms with Crippen molar-refractivity contribution in [3.8, 4) is 17.1 Å². The van der Waals surface area contributed by atoms with Crippen molar-refractivity contribution in [2.45, 2.75) is 38.2 Å². The maximum Gasteiger partial charge on any atom is 0.284 e. The van der Waals surface area contributed by atoms with E-state index in [1.807, 2.05) is 0 Å².